The van der Waals surface area contributed by atoms with Crippen LogP contribution in [0.5, 0.6) is 0 Å². The van der Waals surface area contributed by atoms with Crippen molar-refractivity contribution in [2.24, 2.45) is 15.4 Å². The Morgan fingerprint density at radius 2 is 1.10 bits per heavy atom. The topological polar surface area (TPSA) is 133 Å². The lowest BCUT2D eigenvalue weighted by molar-refractivity contribution is -0.151. The first-order valence-corrected chi connectivity index (χ1v) is 10.2. The van der Waals surface area contributed by atoms with Crippen LogP contribution in [0.15, 0.2) is 22.1 Å². The molecule has 8 heteroatoms. The van der Waals surface area contributed by atoms with Crippen molar-refractivity contribution < 1.29 is 29.4 Å². The first kappa shape index (κ1) is 26.4. The van der Waals surface area contributed by atoms with Crippen molar-refractivity contribution >= 4 is 24.1 Å². The average molecular weight is 408 g/mol. The number of carbonyl (C=O) groups is 2. The van der Waals surface area contributed by atoms with Crippen LogP contribution in [0.1, 0.15) is 77.0 Å². The van der Waals surface area contributed by atoms with Gasteiger partial charge in [-0.1, -0.05) is 57.9 Å². The van der Waals surface area contributed by atoms with Crippen molar-refractivity contribution in [3.8, 4) is 0 Å². The van der Waals surface area contributed by atoms with Gasteiger partial charge in [-0.3, -0.25) is 4.79 Å². The Hall–Kier alpha value is -2.56. The van der Waals surface area contributed by atoms with Gasteiger partial charge in [0.2, 0.25) is 12.2 Å². The quantitative estimate of drug-likeness (QED) is 0.143. The van der Waals surface area contributed by atoms with E-state index in [1.165, 1.54) is 12.2 Å². The van der Waals surface area contributed by atoms with Crippen molar-refractivity contribution in [2.45, 2.75) is 77.0 Å². The smallest absolute Gasteiger partial charge is 0.332 e. The summed E-state index contributed by atoms with van der Waals surface area (Å²) < 4.78 is 0. The molecule has 2 N–H and O–H groups in total. The molecule has 0 atom stereocenters. The second-order valence-corrected chi connectivity index (χ2v) is 7.15. The van der Waals surface area contributed by atoms with Gasteiger partial charge in [0.1, 0.15) is 0 Å². The molecule has 0 amide bonds. The molecule has 0 saturated carbocycles. The van der Waals surface area contributed by atoms with Crippen LogP contribution in [0.4, 0.5) is 0 Å². The zero-order valence-corrected chi connectivity index (χ0v) is 17.0. The molecule has 0 unspecified atom stereocenters. The highest BCUT2D eigenvalue weighted by atomic mass is 16.4. The Kier molecular flexibility index (Phi) is 15.0. The maximum Gasteiger partial charge on any atom is 0.332 e. The third-order valence-electron chi connectivity index (χ3n) is 5.12. The fourth-order valence-corrected chi connectivity index (χ4v) is 3.36. The summed E-state index contributed by atoms with van der Waals surface area (Å²) in [6.07, 6.45) is 11.3. The highest BCUT2D eigenvalue weighted by Gasteiger charge is 2.43. The summed E-state index contributed by atoms with van der Waals surface area (Å²) >= 11 is 0. The molecule has 8 nitrogen and oxygen atoms in total. The van der Waals surface area contributed by atoms with E-state index < -0.39 is 17.4 Å². The molecular formula is C21H32N2O6. The van der Waals surface area contributed by atoms with Gasteiger partial charge < -0.3 is 10.2 Å². The van der Waals surface area contributed by atoms with E-state index in [1.807, 2.05) is 0 Å². The number of unbranched alkanes of at least 4 members (excludes halogenated alkanes) is 8. The largest absolute Gasteiger partial charge is 0.481 e. The van der Waals surface area contributed by atoms with Crippen LogP contribution in [0.25, 0.3) is 0 Å². The van der Waals surface area contributed by atoms with Crippen LogP contribution in [0.3, 0.4) is 0 Å². The van der Waals surface area contributed by atoms with E-state index in [0.717, 1.165) is 51.4 Å². The zero-order valence-electron chi connectivity index (χ0n) is 17.0. The van der Waals surface area contributed by atoms with Gasteiger partial charge in [0.25, 0.3) is 0 Å². The number of aliphatic carboxylic acids is 2. The van der Waals surface area contributed by atoms with Crippen molar-refractivity contribution in [2.75, 3.05) is 13.1 Å². The van der Waals surface area contributed by atoms with Gasteiger partial charge in [0.05, 0.1) is 18.5 Å². The number of aliphatic imine (C=N–C) groups is 2. The Bertz CT molecular complexity index is 587. The predicted octanol–water partition coefficient (Wildman–Crippen LogP) is 4.05. The number of hydrogen-bond acceptors (Lipinski definition) is 6. The van der Waals surface area contributed by atoms with E-state index in [2.05, 4.69) is 16.6 Å². The second kappa shape index (κ2) is 16.4. The molecule has 0 fully saturated rings. The summed E-state index contributed by atoms with van der Waals surface area (Å²) in [7, 11) is 0. The van der Waals surface area contributed by atoms with Crippen LogP contribution in [-0.2, 0) is 19.2 Å². The first-order valence-electron chi connectivity index (χ1n) is 10.2. The minimum atomic E-state index is -1.45. The van der Waals surface area contributed by atoms with Gasteiger partial charge in [0, 0.05) is 5.57 Å². The van der Waals surface area contributed by atoms with Crippen molar-refractivity contribution in [1.82, 2.24) is 0 Å². The third kappa shape index (κ3) is 11.1. The number of carbonyl (C=O) groups excluding carboxylic acids is 2. The molecule has 0 spiro atoms. The minimum absolute atomic E-state index is 0.244. The SMILES string of the molecule is C=C(C(=O)O)C(CCCCCCCN=C=O)(CCCCCCCN=C=O)C(=O)O. The Labute approximate surface area is 171 Å². The van der Waals surface area contributed by atoms with Gasteiger partial charge in [-0.05, 0) is 25.7 Å². The predicted molar refractivity (Wildman–Crippen MR) is 108 cm³/mol. The third-order valence-corrected chi connectivity index (χ3v) is 5.12. The maximum atomic E-state index is 12.0. The summed E-state index contributed by atoms with van der Waals surface area (Å²) in [4.78, 5) is 50.5. The van der Waals surface area contributed by atoms with E-state index in [1.54, 1.807) is 0 Å². The molecule has 0 aromatic heterocycles. The van der Waals surface area contributed by atoms with Crippen LogP contribution < -0.4 is 0 Å². The van der Waals surface area contributed by atoms with Gasteiger partial charge >= 0.3 is 11.9 Å². The Balaban J connectivity index is 4.59. The maximum absolute atomic E-state index is 12.0. The Morgan fingerprint density at radius 1 is 0.724 bits per heavy atom. The second-order valence-electron chi connectivity index (χ2n) is 7.15. The minimum Gasteiger partial charge on any atom is -0.481 e. The summed E-state index contributed by atoms with van der Waals surface area (Å²) in [5, 5.41) is 19.2. The van der Waals surface area contributed by atoms with Crippen molar-refractivity contribution in [1.29, 1.82) is 0 Å². The molecule has 0 aromatic carbocycles. The molecule has 0 aliphatic rings. The lowest BCUT2D eigenvalue weighted by atomic mass is 9.72. The lowest BCUT2D eigenvalue weighted by Crippen LogP contribution is -2.36. The van der Waals surface area contributed by atoms with Gasteiger partial charge in [0.15, 0.2) is 0 Å². The molecule has 0 saturated heterocycles. The standard InChI is InChI=1S/C21H32N2O6/c1-18(19(26)27)21(20(28)29,12-8-4-2-6-10-14-22-16-24)13-9-5-3-7-11-15-23-17-25/h1-15H2,(H,26,27)(H,28,29). The van der Waals surface area contributed by atoms with Crippen LogP contribution in [0.2, 0.25) is 0 Å². The highest BCUT2D eigenvalue weighted by molar-refractivity contribution is 5.95. The summed E-state index contributed by atoms with van der Waals surface area (Å²) in [6, 6.07) is 0. The van der Waals surface area contributed by atoms with E-state index in [9.17, 15) is 29.4 Å². The van der Waals surface area contributed by atoms with Crippen molar-refractivity contribution in [3.05, 3.63) is 12.2 Å². The van der Waals surface area contributed by atoms with Crippen LogP contribution >= 0.6 is 0 Å². The summed E-state index contributed by atoms with van der Waals surface area (Å²) in [5.41, 5.74) is -1.71. The zero-order chi connectivity index (χ0) is 22.0. The van der Waals surface area contributed by atoms with Crippen molar-refractivity contribution in [3.63, 3.8) is 0 Å². The lowest BCUT2D eigenvalue weighted by Gasteiger charge is -2.30. The van der Waals surface area contributed by atoms with E-state index in [0.29, 0.717) is 25.9 Å². The van der Waals surface area contributed by atoms with Gasteiger partial charge in [-0.25, -0.2) is 24.4 Å². The molecule has 0 rings (SSSR count). The fraction of sp³-hybridized carbons (Fsp3) is 0.714. The number of nitrogens with zero attached hydrogens (tertiary/aromatic N) is 2. The number of carboxylic acid groups (broad SMARTS) is 2. The molecule has 0 radical (unpaired) electrons. The molecule has 0 bridgehead atoms. The number of isocyanates is 2. The molecule has 0 aliphatic heterocycles. The molecule has 0 heterocycles. The van der Waals surface area contributed by atoms with Crippen LogP contribution in [0, 0.1) is 5.41 Å². The molecule has 0 aromatic rings. The number of hydrogen-bond donors (Lipinski definition) is 2. The number of carboxylic acids is 2. The molecule has 0 aliphatic carbocycles. The van der Waals surface area contributed by atoms with E-state index >= 15 is 0 Å². The first-order chi connectivity index (χ1) is 13.9. The Morgan fingerprint density at radius 3 is 1.45 bits per heavy atom. The fourth-order valence-electron chi connectivity index (χ4n) is 3.36. The monoisotopic (exact) mass is 408 g/mol. The van der Waals surface area contributed by atoms with E-state index in [-0.39, 0.29) is 18.4 Å². The van der Waals surface area contributed by atoms with Gasteiger partial charge in [-0.2, -0.15) is 0 Å². The summed E-state index contributed by atoms with van der Waals surface area (Å²) in [6.45, 7) is 4.46. The average Bonchev–Trinajstić information content (AvgIpc) is 2.69. The van der Waals surface area contributed by atoms with Gasteiger partial charge in [-0.15, -0.1) is 0 Å². The normalized spacial score (nSPS) is 12.3. The van der Waals surface area contributed by atoms with Crippen LogP contribution in [-0.4, -0.2) is 47.4 Å². The molecule has 162 valence electrons. The molecule has 29 heavy (non-hydrogen) atoms. The highest BCUT2D eigenvalue weighted by Crippen LogP contribution is 2.39. The molecular weight excluding hydrogens is 376 g/mol. The van der Waals surface area contributed by atoms with E-state index in [4.69, 9.17) is 0 Å². The number of rotatable bonds is 19. The summed E-state index contributed by atoms with van der Waals surface area (Å²) in [5.74, 6) is -2.41.